The number of phenols is 1. The lowest BCUT2D eigenvalue weighted by molar-refractivity contribution is 0.0597. The number of hydrazone groups is 1. The molecule has 0 bridgehead atoms. The predicted molar refractivity (Wildman–Crippen MR) is 75.7 cm³/mol. The molecule has 0 unspecified atom stereocenters. The number of methoxy groups -OCH3 is 1. The highest BCUT2D eigenvalue weighted by Crippen LogP contribution is 2.35. The number of rotatable bonds is 4. The van der Waals surface area contributed by atoms with Gasteiger partial charge in [-0.25, -0.2) is 4.79 Å². The maximum absolute atomic E-state index is 11.4. The standard InChI is InChI=1S/C11H10BrN5O3/c1-20-11(19)5-2-3-6(8(12)9(5)18)16-17-7(4-13)10(14)15/h2-3,16,18H,1H3,(H3,14,15)/b17-7+. The van der Waals surface area contributed by atoms with E-state index in [1.54, 1.807) is 6.07 Å². The molecule has 5 N–H and O–H groups in total. The van der Waals surface area contributed by atoms with Crippen LogP contribution >= 0.6 is 15.9 Å². The van der Waals surface area contributed by atoms with Crippen LogP contribution in [-0.2, 0) is 4.74 Å². The molecule has 0 atom stereocenters. The summed E-state index contributed by atoms with van der Waals surface area (Å²) in [5.74, 6) is -1.52. The molecule has 0 heterocycles. The molecule has 0 aliphatic carbocycles. The normalized spacial score (nSPS) is 10.6. The maximum Gasteiger partial charge on any atom is 0.341 e. The molecule has 104 valence electrons. The van der Waals surface area contributed by atoms with E-state index in [0.717, 1.165) is 0 Å². The van der Waals surface area contributed by atoms with Gasteiger partial charge in [0, 0.05) is 0 Å². The van der Waals surface area contributed by atoms with E-state index < -0.39 is 11.8 Å². The second-order valence-corrected chi connectivity index (χ2v) is 4.21. The van der Waals surface area contributed by atoms with Crippen molar-refractivity contribution in [3.8, 4) is 11.8 Å². The van der Waals surface area contributed by atoms with E-state index in [1.165, 1.54) is 19.2 Å². The number of carbonyl (C=O) groups is 1. The molecule has 0 radical (unpaired) electrons. The van der Waals surface area contributed by atoms with Crippen LogP contribution in [0.25, 0.3) is 0 Å². The van der Waals surface area contributed by atoms with Crippen LogP contribution in [0.15, 0.2) is 21.7 Å². The molecule has 0 spiro atoms. The number of ether oxygens (including phenoxy) is 1. The third-order valence-corrected chi connectivity index (χ3v) is 2.97. The second-order valence-electron chi connectivity index (χ2n) is 3.41. The summed E-state index contributed by atoms with van der Waals surface area (Å²) in [4.78, 5) is 11.4. The van der Waals surface area contributed by atoms with Gasteiger partial charge in [0.1, 0.15) is 17.4 Å². The van der Waals surface area contributed by atoms with Gasteiger partial charge in [-0.3, -0.25) is 10.8 Å². The molecule has 9 heteroatoms. The number of nitrogens with zero attached hydrogens (tertiary/aromatic N) is 2. The Morgan fingerprint density at radius 1 is 1.65 bits per heavy atom. The van der Waals surface area contributed by atoms with Crippen LogP contribution in [0.4, 0.5) is 5.69 Å². The van der Waals surface area contributed by atoms with Gasteiger partial charge in [-0.05, 0) is 28.1 Å². The maximum atomic E-state index is 11.4. The monoisotopic (exact) mass is 339 g/mol. The minimum atomic E-state index is -0.695. The molecule has 8 nitrogen and oxygen atoms in total. The molecule has 20 heavy (non-hydrogen) atoms. The molecule has 0 saturated carbocycles. The molecular weight excluding hydrogens is 330 g/mol. The Hall–Kier alpha value is -2.60. The van der Waals surface area contributed by atoms with Crippen LogP contribution in [0.3, 0.4) is 0 Å². The number of benzene rings is 1. The number of esters is 1. The first kappa shape index (κ1) is 15.5. The van der Waals surface area contributed by atoms with Crippen molar-refractivity contribution in [2.24, 2.45) is 10.8 Å². The minimum Gasteiger partial charge on any atom is -0.506 e. The van der Waals surface area contributed by atoms with E-state index in [-0.39, 0.29) is 27.2 Å². The summed E-state index contributed by atoms with van der Waals surface area (Å²) in [6.07, 6.45) is 0. The highest BCUT2D eigenvalue weighted by molar-refractivity contribution is 9.10. The molecule has 1 aromatic carbocycles. The van der Waals surface area contributed by atoms with Gasteiger partial charge in [-0.15, -0.1) is 0 Å². The van der Waals surface area contributed by atoms with Crippen molar-refractivity contribution in [3.63, 3.8) is 0 Å². The number of nitrogens with two attached hydrogens (primary N) is 1. The SMILES string of the molecule is COC(=O)c1ccc(N/N=C(\C#N)C(=N)N)c(Br)c1O. The summed E-state index contributed by atoms with van der Waals surface area (Å²) >= 11 is 3.08. The van der Waals surface area contributed by atoms with Crippen molar-refractivity contribution in [1.82, 2.24) is 0 Å². The molecule has 0 amide bonds. The third-order valence-electron chi connectivity index (χ3n) is 2.17. The number of hydrogen-bond donors (Lipinski definition) is 4. The minimum absolute atomic E-state index is 0.0269. The molecule has 0 aliphatic heterocycles. The lowest BCUT2D eigenvalue weighted by atomic mass is 10.2. The first-order valence-corrected chi connectivity index (χ1v) is 5.89. The van der Waals surface area contributed by atoms with Gasteiger partial charge in [0.15, 0.2) is 5.84 Å². The fourth-order valence-corrected chi connectivity index (χ4v) is 1.62. The molecule has 1 rings (SSSR count). The zero-order valence-electron chi connectivity index (χ0n) is 10.3. The quantitative estimate of drug-likeness (QED) is 0.280. The molecule has 1 aromatic rings. The average Bonchev–Trinajstić information content (AvgIpc) is 2.42. The van der Waals surface area contributed by atoms with Crippen molar-refractivity contribution >= 4 is 39.1 Å². The summed E-state index contributed by atoms with van der Waals surface area (Å²) in [5.41, 5.74) is 7.53. The smallest absolute Gasteiger partial charge is 0.341 e. The van der Waals surface area contributed by atoms with E-state index in [0.29, 0.717) is 0 Å². The van der Waals surface area contributed by atoms with Crippen molar-refractivity contribution < 1.29 is 14.6 Å². The highest BCUT2D eigenvalue weighted by Gasteiger charge is 2.16. The Balaban J connectivity index is 3.12. The van der Waals surface area contributed by atoms with E-state index >= 15 is 0 Å². The lowest BCUT2D eigenvalue weighted by Crippen LogP contribution is -2.21. The van der Waals surface area contributed by atoms with Gasteiger partial charge in [-0.2, -0.15) is 10.4 Å². The van der Waals surface area contributed by atoms with Gasteiger partial charge in [0.2, 0.25) is 5.71 Å². The molecule has 0 fully saturated rings. The highest BCUT2D eigenvalue weighted by atomic mass is 79.9. The first-order valence-electron chi connectivity index (χ1n) is 5.10. The molecule has 0 aromatic heterocycles. The van der Waals surface area contributed by atoms with Gasteiger partial charge in [-0.1, -0.05) is 0 Å². The first-order chi connectivity index (χ1) is 9.42. The zero-order valence-corrected chi connectivity index (χ0v) is 11.9. The fraction of sp³-hybridized carbons (Fsp3) is 0.0909. The summed E-state index contributed by atoms with van der Waals surface area (Å²) in [5, 5.41) is 29.2. The van der Waals surface area contributed by atoms with Gasteiger partial charge >= 0.3 is 5.97 Å². The van der Waals surface area contributed by atoms with Crippen LogP contribution in [-0.4, -0.2) is 29.7 Å². The number of halogens is 1. The number of anilines is 1. The number of nitriles is 1. The van der Waals surface area contributed by atoms with E-state index in [9.17, 15) is 9.90 Å². The molecule has 0 aliphatic rings. The number of hydrogen-bond acceptors (Lipinski definition) is 7. The fourth-order valence-electron chi connectivity index (χ4n) is 1.19. The average molecular weight is 340 g/mol. The van der Waals surface area contributed by atoms with Gasteiger partial charge in [0.05, 0.1) is 17.3 Å². The van der Waals surface area contributed by atoms with E-state index in [4.69, 9.17) is 16.4 Å². The van der Waals surface area contributed by atoms with Crippen molar-refractivity contribution in [2.75, 3.05) is 12.5 Å². The number of phenolic OH excluding ortho intramolecular Hbond substituents is 1. The predicted octanol–water partition coefficient (Wildman–Crippen LogP) is 1.17. The summed E-state index contributed by atoms with van der Waals surface area (Å²) in [6.45, 7) is 0. The van der Waals surface area contributed by atoms with Crippen LogP contribution in [0.5, 0.6) is 5.75 Å². The topological polar surface area (TPSA) is 145 Å². The van der Waals surface area contributed by atoms with Gasteiger partial charge < -0.3 is 15.6 Å². The third kappa shape index (κ3) is 3.24. The summed E-state index contributed by atoms with van der Waals surface area (Å²) in [7, 11) is 1.19. The Bertz CT molecular complexity index is 636. The van der Waals surface area contributed by atoms with Crippen LogP contribution < -0.4 is 11.2 Å². The Labute approximate surface area is 122 Å². The Morgan fingerprint density at radius 2 is 2.30 bits per heavy atom. The van der Waals surface area contributed by atoms with Crippen LogP contribution in [0.2, 0.25) is 0 Å². The summed E-state index contributed by atoms with van der Waals surface area (Å²) in [6, 6.07) is 4.39. The molecular formula is C11H10BrN5O3. The van der Waals surface area contributed by atoms with Crippen molar-refractivity contribution in [1.29, 1.82) is 10.7 Å². The second kappa shape index (κ2) is 6.53. The Kier molecular flexibility index (Phi) is 5.05. The Morgan fingerprint density at radius 3 is 2.80 bits per heavy atom. The van der Waals surface area contributed by atoms with Crippen LogP contribution in [0.1, 0.15) is 10.4 Å². The number of nitrogens with one attached hydrogen (secondary N) is 2. The van der Waals surface area contributed by atoms with Gasteiger partial charge in [0.25, 0.3) is 0 Å². The zero-order chi connectivity index (χ0) is 15.3. The lowest BCUT2D eigenvalue weighted by Gasteiger charge is -2.09. The van der Waals surface area contributed by atoms with E-state index in [1.807, 2.05) is 0 Å². The summed E-state index contributed by atoms with van der Waals surface area (Å²) < 4.78 is 4.66. The molecule has 0 saturated heterocycles. The van der Waals surface area contributed by atoms with Crippen molar-refractivity contribution in [3.05, 3.63) is 22.2 Å². The van der Waals surface area contributed by atoms with Crippen molar-refractivity contribution in [2.45, 2.75) is 0 Å². The van der Waals surface area contributed by atoms with E-state index in [2.05, 4.69) is 31.2 Å². The number of aromatic hydroxyl groups is 1. The largest absolute Gasteiger partial charge is 0.506 e. The number of carbonyl (C=O) groups excluding carboxylic acids is 1. The van der Waals surface area contributed by atoms with Crippen LogP contribution in [0, 0.1) is 16.7 Å². The number of amidine groups is 1.